The van der Waals surface area contributed by atoms with Crippen molar-refractivity contribution in [3.05, 3.63) is 64.9 Å². The number of benzene rings is 2. The van der Waals surface area contributed by atoms with Crippen LogP contribution < -0.4 is 20.3 Å². The molecule has 0 spiro atoms. The molecule has 4 aromatic rings. The standard InChI is InChI=1S/C22H19N3O5S/c1-12-13-7-4-5-9-16(13)30-18(12)21(27)25-24-20(26)15-11-31-22(23-15)14-8-6-10-17(28-2)19(14)29-3/h4-11H,1-3H3,(H,24,26)(H,25,27). The van der Waals surface area contributed by atoms with E-state index in [-0.39, 0.29) is 11.5 Å². The lowest BCUT2D eigenvalue weighted by Crippen LogP contribution is -2.41. The quantitative estimate of drug-likeness (QED) is 0.458. The van der Waals surface area contributed by atoms with Gasteiger partial charge in [-0.3, -0.25) is 20.4 Å². The van der Waals surface area contributed by atoms with Crippen LogP contribution in [0.4, 0.5) is 0 Å². The number of para-hydroxylation sites is 2. The Kier molecular flexibility index (Phi) is 5.59. The third-order valence-electron chi connectivity index (χ3n) is 4.71. The molecule has 0 saturated heterocycles. The number of aryl methyl sites for hydroxylation is 1. The van der Waals surface area contributed by atoms with E-state index in [2.05, 4.69) is 15.8 Å². The van der Waals surface area contributed by atoms with Gasteiger partial charge in [0.15, 0.2) is 17.3 Å². The Balaban J connectivity index is 1.48. The Hall–Kier alpha value is -3.85. The number of hydrogen-bond acceptors (Lipinski definition) is 7. The van der Waals surface area contributed by atoms with E-state index in [1.807, 2.05) is 30.3 Å². The van der Waals surface area contributed by atoms with Gasteiger partial charge >= 0.3 is 5.91 Å². The Morgan fingerprint density at radius 2 is 1.77 bits per heavy atom. The van der Waals surface area contributed by atoms with E-state index < -0.39 is 11.8 Å². The Morgan fingerprint density at radius 3 is 2.52 bits per heavy atom. The first-order chi connectivity index (χ1) is 15.0. The normalized spacial score (nSPS) is 10.7. The summed E-state index contributed by atoms with van der Waals surface area (Å²) in [6.45, 7) is 1.79. The molecular weight excluding hydrogens is 418 g/mol. The van der Waals surface area contributed by atoms with Gasteiger partial charge in [0.05, 0.1) is 19.8 Å². The van der Waals surface area contributed by atoms with Gasteiger partial charge in [-0.05, 0) is 25.1 Å². The van der Waals surface area contributed by atoms with Crippen LogP contribution in [0.1, 0.15) is 26.6 Å². The smallest absolute Gasteiger partial charge is 0.305 e. The molecule has 0 saturated carbocycles. The largest absolute Gasteiger partial charge is 0.493 e. The van der Waals surface area contributed by atoms with Crippen molar-refractivity contribution in [1.82, 2.24) is 15.8 Å². The van der Waals surface area contributed by atoms with Crippen molar-refractivity contribution < 1.29 is 23.5 Å². The molecule has 4 rings (SSSR count). The van der Waals surface area contributed by atoms with Crippen LogP contribution >= 0.6 is 11.3 Å². The summed E-state index contributed by atoms with van der Waals surface area (Å²) in [5.41, 5.74) is 6.91. The summed E-state index contributed by atoms with van der Waals surface area (Å²) in [5.74, 6) is 0.134. The lowest BCUT2D eigenvalue weighted by atomic mass is 10.1. The lowest BCUT2D eigenvalue weighted by molar-refractivity contribution is 0.0829. The highest BCUT2D eigenvalue weighted by atomic mass is 32.1. The number of hydrogen-bond donors (Lipinski definition) is 2. The van der Waals surface area contributed by atoms with Gasteiger partial charge in [0.25, 0.3) is 5.91 Å². The number of furan rings is 1. The molecule has 0 fully saturated rings. The Labute approximate surface area is 181 Å². The maximum absolute atomic E-state index is 12.5. The number of rotatable bonds is 5. The van der Waals surface area contributed by atoms with Crippen LogP contribution in [0.5, 0.6) is 11.5 Å². The van der Waals surface area contributed by atoms with E-state index in [4.69, 9.17) is 13.9 Å². The number of nitrogens with zero attached hydrogens (tertiary/aromatic N) is 1. The van der Waals surface area contributed by atoms with Gasteiger partial charge in [-0.2, -0.15) is 0 Å². The fourth-order valence-electron chi connectivity index (χ4n) is 3.18. The van der Waals surface area contributed by atoms with Crippen molar-refractivity contribution in [3.8, 4) is 22.1 Å². The second kappa shape index (κ2) is 8.49. The number of methoxy groups -OCH3 is 2. The molecule has 0 aliphatic carbocycles. The topological polar surface area (TPSA) is 103 Å². The second-order valence-corrected chi connectivity index (χ2v) is 7.40. The number of carbonyl (C=O) groups is 2. The molecule has 9 heteroatoms. The summed E-state index contributed by atoms with van der Waals surface area (Å²) < 4.78 is 16.3. The molecule has 2 heterocycles. The average molecular weight is 437 g/mol. The van der Waals surface area contributed by atoms with E-state index in [0.29, 0.717) is 33.2 Å². The summed E-state index contributed by atoms with van der Waals surface area (Å²) in [6, 6.07) is 12.8. The molecule has 0 atom stereocenters. The second-order valence-electron chi connectivity index (χ2n) is 6.54. The lowest BCUT2D eigenvalue weighted by Gasteiger charge is -2.10. The molecule has 2 N–H and O–H groups in total. The zero-order valence-corrected chi connectivity index (χ0v) is 17.8. The monoisotopic (exact) mass is 437 g/mol. The van der Waals surface area contributed by atoms with Crippen LogP contribution in [0.25, 0.3) is 21.5 Å². The minimum Gasteiger partial charge on any atom is -0.493 e. The van der Waals surface area contributed by atoms with Crippen LogP contribution in [0.3, 0.4) is 0 Å². The predicted octanol–water partition coefficient (Wildman–Crippen LogP) is 3.96. The highest BCUT2D eigenvalue weighted by molar-refractivity contribution is 7.13. The molecule has 2 aromatic carbocycles. The molecule has 158 valence electrons. The fraction of sp³-hybridized carbons (Fsp3) is 0.136. The van der Waals surface area contributed by atoms with Gasteiger partial charge in [-0.15, -0.1) is 11.3 Å². The van der Waals surface area contributed by atoms with Gasteiger partial charge in [0, 0.05) is 16.3 Å². The highest BCUT2D eigenvalue weighted by Crippen LogP contribution is 2.38. The van der Waals surface area contributed by atoms with Crippen LogP contribution in [0, 0.1) is 6.92 Å². The number of aromatic nitrogens is 1. The maximum Gasteiger partial charge on any atom is 0.305 e. The zero-order chi connectivity index (χ0) is 22.0. The number of ether oxygens (including phenoxy) is 2. The van der Waals surface area contributed by atoms with Crippen molar-refractivity contribution in [2.45, 2.75) is 6.92 Å². The number of amides is 2. The summed E-state index contributed by atoms with van der Waals surface area (Å²) in [7, 11) is 3.09. The van der Waals surface area contributed by atoms with Crippen molar-refractivity contribution in [3.63, 3.8) is 0 Å². The van der Waals surface area contributed by atoms with Crippen molar-refractivity contribution in [1.29, 1.82) is 0 Å². The predicted molar refractivity (Wildman–Crippen MR) is 117 cm³/mol. The van der Waals surface area contributed by atoms with Crippen LogP contribution in [-0.4, -0.2) is 31.0 Å². The third kappa shape index (κ3) is 3.82. The molecule has 31 heavy (non-hydrogen) atoms. The van der Waals surface area contributed by atoms with Gasteiger partial charge in [0.1, 0.15) is 16.3 Å². The van der Waals surface area contributed by atoms with E-state index in [0.717, 1.165) is 5.39 Å². The van der Waals surface area contributed by atoms with Crippen LogP contribution in [-0.2, 0) is 0 Å². The zero-order valence-electron chi connectivity index (χ0n) is 17.0. The van der Waals surface area contributed by atoms with Crippen LogP contribution in [0.15, 0.2) is 52.3 Å². The van der Waals surface area contributed by atoms with Gasteiger partial charge in [-0.25, -0.2) is 4.98 Å². The molecule has 8 nitrogen and oxygen atoms in total. The molecule has 2 amide bonds. The van der Waals surface area contributed by atoms with Gasteiger partial charge in [-0.1, -0.05) is 24.3 Å². The number of nitrogens with one attached hydrogen (secondary N) is 2. The Bertz CT molecular complexity index is 1280. The molecule has 2 aromatic heterocycles. The van der Waals surface area contributed by atoms with E-state index in [1.54, 1.807) is 31.5 Å². The number of hydrazine groups is 1. The Morgan fingerprint density at radius 1 is 1.00 bits per heavy atom. The van der Waals surface area contributed by atoms with E-state index in [1.165, 1.54) is 18.4 Å². The number of fused-ring (bicyclic) bond motifs is 1. The van der Waals surface area contributed by atoms with Crippen molar-refractivity contribution >= 4 is 34.1 Å². The van der Waals surface area contributed by atoms with Crippen molar-refractivity contribution in [2.75, 3.05) is 14.2 Å². The molecule has 0 aliphatic heterocycles. The minimum atomic E-state index is -0.550. The fourth-order valence-corrected chi connectivity index (χ4v) is 4.00. The molecule has 0 aliphatic rings. The van der Waals surface area contributed by atoms with Crippen LogP contribution in [0.2, 0.25) is 0 Å². The number of thiazole rings is 1. The number of carbonyl (C=O) groups excluding carboxylic acids is 2. The first-order valence-corrected chi connectivity index (χ1v) is 10.2. The third-order valence-corrected chi connectivity index (χ3v) is 5.59. The first kappa shape index (κ1) is 20.4. The van der Waals surface area contributed by atoms with Gasteiger partial charge < -0.3 is 13.9 Å². The van der Waals surface area contributed by atoms with E-state index in [9.17, 15) is 9.59 Å². The minimum absolute atomic E-state index is 0.140. The van der Waals surface area contributed by atoms with Gasteiger partial charge in [0.2, 0.25) is 0 Å². The highest BCUT2D eigenvalue weighted by Gasteiger charge is 2.20. The molecule has 0 unspecified atom stereocenters. The van der Waals surface area contributed by atoms with E-state index >= 15 is 0 Å². The maximum atomic E-state index is 12.5. The summed E-state index contributed by atoms with van der Waals surface area (Å²) in [5, 5.41) is 3.03. The van der Waals surface area contributed by atoms with Crippen molar-refractivity contribution in [2.24, 2.45) is 0 Å². The average Bonchev–Trinajstić information content (AvgIpc) is 3.42. The molecule has 0 bridgehead atoms. The molecule has 0 radical (unpaired) electrons. The summed E-state index contributed by atoms with van der Waals surface area (Å²) in [4.78, 5) is 29.3. The summed E-state index contributed by atoms with van der Waals surface area (Å²) >= 11 is 1.28. The molecular formula is C22H19N3O5S. The summed E-state index contributed by atoms with van der Waals surface area (Å²) in [6.07, 6.45) is 0. The first-order valence-electron chi connectivity index (χ1n) is 9.29. The SMILES string of the molecule is COc1cccc(-c2nc(C(=O)NNC(=O)c3oc4ccccc4c3C)cs2)c1OC.